The molecule has 0 heterocycles. The lowest BCUT2D eigenvalue weighted by molar-refractivity contribution is 1.03. The van der Waals surface area contributed by atoms with E-state index in [2.05, 4.69) is 18.2 Å². The van der Waals surface area contributed by atoms with E-state index in [4.69, 9.17) is 0 Å². The Hall–Kier alpha value is -1.56. The number of hydrogen-bond donors (Lipinski definition) is 0. The Bertz CT molecular complexity index is 264. The second kappa shape index (κ2) is 8.06. The Morgan fingerprint density at radius 1 is 0.643 bits per heavy atom. The third kappa shape index (κ3) is 6.01. The van der Waals surface area contributed by atoms with E-state index < -0.39 is 0 Å². The SMILES string of the molecule is [C]1=C/C=C\C=C\C=C/C=C/C=C/CC/1. The first kappa shape index (κ1) is 10.5. The van der Waals surface area contributed by atoms with Crippen molar-refractivity contribution < 1.29 is 0 Å². The molecule has 1 aliphatic rings. The zero-order valence-electron chi connectivity index (χ0n) is 8.27. The lowest BCUT2D eigenvalue weighted by atomic mass is 10.2. The highest BCUT2D eigenvalue weighted by Crippen LogP contribution is 1.94. The van der Waals surface area contributed by atoms with Gasteiger partial charge in [0.2, 0.25) is 0 Å². The fourth-order valence-electron chi connectivity index (χ4n) is 0.997. The fraction of sp³-hybridized carbons (Fsp3) is 0.143. The van der Waals surface area contributed by atoms with Gasteiger partial charge < -0.3 is 0 Å². The molecule has 0 saturated carbocycles. The minimum absolute atomic E-state index is 0.980. The summed E-state index contributed by atoms with van der Waals surface area (Å²) in [5, 5.41) is 0. The quantitative estimate of drug-likeness (QED) is 0.534. The van der Waals surface area contributed by atoms with Crippen molar-refractivity contribution in [3.8, 4) is 0 Å². The predicted molar refractivity (Wildman–Crippen MR) is 62.7 cm³/mol. The van der Waals surface area contributed by atoms with Crippen molar-refractivity contribution in [2.45, 2.75) is 12.8 Å². The molecule has 0 spiro atoms. The summed E-state index contributed by atoms with van der Waals surface area (Å²) in [6.07, 6.45) is 27.5. The van der Waals surface area contributed by atoms with Gasteiger partial charge in [0, 0.05) is 0 Å². The summed E-state index contributed by atoms with van der Waals surface area (Å²) < 4.78 is 0. The molecule has 1 aliphatic carbocycles. The Kier molecular flexibility index (Phi) is 6.05. The van der Waals surface area contributed by atoms with E-state index in [1.807, 2.05) is 54.7 Å². The first-order chi connectivity index (χ1) is 7.00. The first-order valence-electron chi connectivity index (χ1n) is 4.88. The topological polar surface area (TPSA) is 0 Å². The van der Waals surface area contributed by atoms with Crippen LogP contribution in [0.3, 0.4) is 0 Å². The highest BCUT2D eigenvalue weighted by molar-refractivity contribution is 5.19. The van der Waals surface area contributed by atoms with Crippen LogP contribution in [-0.4, -0.2) is 0 Å². The molecule has 0 aromatic carbocycles. The zero-order valence-corrected chi connectivity index (χ0v) is 8.27. The Morgan fingerprint density at radius 3 is 1.93 bits per heavy atom. The number of hydrogen-bond acceptors (Lipinski definition) is 0. The lowest BCUT2D eigenvalue weighted by Gasteiger charge is -1.83. The van der Waals surface area contributed by atoms with Crippen LogP contribution in [0.25, 0.3) is 0 Å². The maximum Gasteiger partial charge on any atom is -0.0241 e. The van der Waals surface area contributed by atoms with Gasteiger partial charge in [-0.15, -0.1) is 0 Å². The van der Waals surface area contributed by atoms with Crippen molar-refractivity contribution in [3.63, 3.8) is 0 Å². The summed E-state index contributed by atoms with van der Waals surface area (Å²) in [5.41, 5.74) is 0. The van der Waals surface area contributed by atoms with Gasteiger partial charge in [0.05, 0.1) is 0 Å². The molecule has 0 N–H and O–H groups in total. The molecule has 1 rings (SSSR count). The molecule has 14 heavy (non-hydrogen) atoms. The summed E-state index contributed by atoms with van der Waals surface area (Å²) in [6, 6.07) is 0. The molecular formula is C14H15. The lowest BCUT2D eigenvalue weighted by Crippen LogP contribution is -1.64. The van der Waals surface area contributed by atoms with Crippen LogP contribution in [0.15, 0.2) is 66.8 Å². The van der Waals surface area contributed by atoms with E-state index in [1.165, 1.54) is 0 Å². The maximum absolute atomic E-state index is 3.20. The standard InChI is InChI=1S/C14H15/c1-2-4-6-8-10-12-14-13-11-9-7-5-3-1/h1-11H,12,14H2/b2-1-,5-3+,6-4+,9-7-,10-8+,13-11?. The molecule has 0 bridgehead atoms. The van der Waals surface area contributed by atoms with Gasteiger partial charge in [-0.3, -0.25) is 0 Å². The normalized spacial score (nSPS) is 30.9. The van der Waals surface area contributed by atoms with Gasteiger partial charge in [0.15, 0.2) is 0 Å². The second-order valence-electron chi connectivity index (χ2n) is 2.88. The average Bonchev–Trinajstić information content (AvgIpc) is 2.22. The molecule has 0 amide bonds. The van der Waals surface area contributed by atoms with Crippen LogP contribution < -0.4 is 0 Å². The van der Waals surface area contributed by atoms with Gasteiger partial charge in [0.1, 0.15) is 0 Å². The third-order valence-corrected chi connectivity index (χ3v) is 1.69. The molecule has 0 aromatic heterocycles. The molecule has 0 saturated heterocycles. The van der Waals surface area contributed by atoms with Crippen LogP contribution in [-0.2, 0) is 0 Å². The van der Waals surface area contributed by atoms with Crippen molar-refractivity contribution in [2.24, 2.45) is 0 Å². The maximum atomic E-state index is 3.20. The Morgan fingerprint density at radius 2 is 1.21 bits per heavy atom. The smallest absolute Gasteiger partial charge is 0.0241 e. The molecule has 0 fully saturated rings. The predicted octanol–water partition coefficient (Wildman–Crippen LogP) is 3.92. The molecule has 0 aliphatic heterocycles. The van der Waals surface area contributed by atoms with Crippen LogP contribution in [0.1, 0.15) is 12.8 Å². The minimum Gasteiger partial charge on any atom is -0.0842 e. The van der Waals surface area contributed by atoms with Crippen LogP contribution in [0, 0.1) is 6.08 Å². The summed E-state index contributed by atoms with van der Waals surface area (Å²) >= 11 is 0. The molecule has 0 atom stereocenters. The fourth-order valence-corrected chi connectivity index (χ4v) is 0.997. The first-order valence-corrected chi connectivity index (χ1v) is 4.88. The van der Waals surface area contributed by atoms with E-state index in [0.29, 0.717) is 0 Å². The Labute approximate surface area is 86.3 Å². The van der Waals surface area contributed by atoms with E-state index >= 15 is 0 Å². The highest BCUT2D eigenvalue weighted by Gasteiger charge is 1.75. The van der Waals surface area contributed by atoms with Gasteiger partial charge in [-0.25, -0.2) is 0 Å². The van der Waals surface area contributed by atoms with Crippen molar-refractivity contribution in [1.82, 2.24) is 0 Å². The highest BCUT2D eigenvalue weighted by atomic mass is 13.8. The monoisotopic (exact) mass is 183 g/mol. The average molecular weight is 183 g/mol. The van der Waals surface area contributed by atoms with Crippen molar-refractivity contribution in [2.75, 3.05) is 0 Å². The van der Waals surface area contributed by atoms with E-state index in [1.54, 1.807) is 0 Å². The van der Waals surface area contributed by atoms with Gasteiger partial charge in [-0.1, -0.05) is 66.8 Å². The molecule has 0 unspecified atom stereocenters. The van der Waals surface area contributed by atoms with Gasteiger partial charge in [0.25, 0.3) is 0 Å². The van der Waals surface area contributed by atoms with Gasteiger partial charge in [-0.2, -0.15) is 0 Å². The van der Waals surface area contributed by atoms with Crippen molar-refractivity contribution >= 4 is 0 Å². The molecule has 0 nitrogen and oxygen atoms in total. The molecule has 0 aromatic rings. The number of rotatable bonds is 0. The zero-order chi connectivity index (χ0) is 9.90. The van der Waals surface area contributed by atoms with Crippen LogP contribution >= 0.6 is 0 Å². The summed E-state index contributed by atoms with van der Waals surface area (Å²) in [6.45, 7) is 0. The van der Waals surface area contributed by atoms with Gasteiger partial charge in [-0.05, 0) is 18.9 Å². The van der Waals surface area contributed by atoms with Crippen molar-refractivity contribution in [1.29, 1.82) is 0 Å². The van der Waals surface area contributed by atoms with E-state index in [0.717, 1.165) is 12.8 Å². The molecule has 71 valence electrons. The van der Waals surface area contributed by atoms with Gasteiger partial charge >= 0.3 is 0 Å². The van der Waals surface area contributed by atoms with E-state index in [-0.39, 0.29) is 0 Å². The van der Waals surface area contributed by atoms with Crippen LogP contribution in [0.2, 0.25) is 0 Å². The summed E-state index contributed by atoms with van der Waals surface area (Å²) in [7, 11) is 0. The number of allylic oxidation sites excluding steroid dienone is 12. The Balaban J connectivity index is 2.56. The molecule has 1 radical (unpaired) electrons. The molecule has 0 heteroatoms. The van der Waals surface area contributed by atoms with Crippen molar-refractivity contribution in [3.05, 3.63) is 72.9 Å². The largest absolute Gasteiger partial charge is 0.0842 e. The third-order valence-electron chi connectivity index (χ3n) is 1.69. The van der Waals surface area contributed by atoms with Crippen LogP contribution in [0.5, 0.6) is 0 Å². The summed E-state index contributed by atoms with van der Waals surface area (Å²) in [4.78, 5) is 0. The molecular weight excluding hydrogens is 168 g/mol. The van der Waals surface area contributed by atoms with Crippen LogP contribution in [0.4, 0.5) is 0 Å². The second-order valence-corrected chi connectivity index (χ2v) is 2.88. The summed E-state index contributed by atoms with van der Waals surface area (Å²) in [5.74, 6) is 0. The minimum atomic E-state index is 0.980. The van der Waals surface area contributed by atoms with E-state index in [9.17, 15) is 0 Å².